The van der Waals surface area contributed by atoms with E-state index in [4.69, 9.17) is 16.3 Å². The van der Waals surface area contributed by atoms with E-state index in [1.54, 1.807) is 12.1 Å². The quantitative estimate of drug-likeness (QED) is 0.799. The fraction of sp³-hybridized carbons (Fsp3) is 0.533. The van der Waals surface area contributed by atoms with Gasteiger partial charge in [0.15, 0.2) is 0 Å². The zero-order valence-corrected chi connectivity index (χ0v) is 13.2. The molecule has 2 rings (SSSR count). The lowest BCUT2D eigenvalue weighted by atomic mass is 10.2. The number of phenolic OH excluding ortho intramolecular Hbond substituents is 1. The van der Waals surface area contributed by atoms with Gasteiger partial charge < -0.3 is 20.5 Å². The van der Waals surface area contributed by atoms with Gasteiger partial charge in [-0.2, -0.15) is 0 Å². The summed E-state index contributed by atoms with van der Waals surface area (Å²) in [5, 5.41) is 15.8. The minimum Gasteiger partial charge on any atom is -0.506 e. The summed E-state index contributed by atoms with van der Waals surface area (Å²) in [6.45, 7) is 6.15. The molecule has 2 atom stereocenters. The average molecular weight is 313 g/mol. The third-order valence-corrected chi connectivity index (χ3v) is 3.38. The number of aromatic hydroxyl groups is 1. The van der Waals surface area contributed by atoms with Crippen molar-refractivity contribution in [1.82, 2.24) is 10.6 Å². The molecule has 1 aliphatic rings. The summed E-state index contributed by atoms with van der Waals surface area (Å²) in [7, 11) is 0. The van der Waals surface area contributed by atoms with Crippen LogP contribution in [0.4, 0.5) is 4.79 Å². The van der Waals surface area contributed by atoms with E-state index in [-0.39, 0.29) is 23.9 Å². The highest BCUT2D eigenvalue weighted by Crippen LogP contribution is 2.25. The lowest BCUT2D eigenvalue weighted by Crippen LogP contribution is -2.36. The van der Waals surface area contributed by atoms with Crippen LogP contribution in [-0.2, 0) is 11.3 Å². The summed E-state index contributed by atoms with van der Waals surface area (Å²) in [5.41, 5.74) is 0.505. The normalized spacial score (nSPS) is 21.0. The van der Waals surface area contributed by atoms with E-state index in [1.807, 2.05) is 26.8 Å². The van der Waals surface area contributed by atoms with Gasteiger partial charge in [0.1, 0.15) is 11.4 Å². The van der Waals surface area contributed by atoms with Gasteiger partial charge in [0.2, 0.25) is 0 Å². The molecule has 0 heterocycles. The van der Waals surface area contributed by atoms with Crippen molar-refractivity contribution in [3.05, 3.63) is 28.8 Å². The van der Waals surface area contributed by atoms with Crippen molar-refractivity contribution < 1.29 is 14.6 Å². The van der Waals surface area contributed by atoms with E-state index < -0.39 is 5.60 Å². The summed E-state index contributed by atoms with van der Waals surface area (Å²) in [6, 6.07) is 5.45. The molecule has 5 nitrogen and oxygen atoms in total. The number of amides is 1. The first kappa shape index (κ1) is 15.9. The van der Waals surface area contributed by atoms with Gasteiger partial charge in [-0.25, -0.2) is 4.79 Å². The maximum absolute atomic E-state index is 11.6. The molecule has 1 aliphatic carbocycles. The number of ether oxygens (including phenoxy) is 1. The van der Waals surface area contributed by atoms with E-state index in [0.29, 0.717) is 11.6 Å². The Morgan fingerprint density at radius 1 is 1.43 bits per heavy atom. The van der Waals surface area contributed by atoms with Crippen LogP contribution in [0.2, 0.25) is 5.02 Å². The van der Waals surface area contributed by atoms with Crippen LogP contribution in [0, 0.1) is 0 Å². The fourth-order valence-corrected chi connectivity index (χ4v) is 2.15. The van der Waals surface area contributed by atoms with E-state index in [9.17, 15) is 9.90 Å². The largest absolute Gasteiger partial charge is 0.506 e. The van der Waals surface area contributed by atoms with Crippen LogP contribution in [0.1, 0.15) is 32.8 Å². The molecule has 116 valence electrons. The molecular weight excluding hydrogens is 292 g/mol. The molecule has 1 saturated carbocycles. The molecule has 0 aliphatic heterocycles. The van der Waals surface area contributed by atoms with Crippen LogP contribution < -0.4 is 10.6 Å². The molecule has 0 spiro atoms. The number of rotatable bonds is 4. The lowest BCUT2D eigenvalue weighted by Gasteiger charge is -2.19. The number of hydrogen-bond donors (Lipinski definition) is 3. The monoisotopic (exact) mass is 312 g/mol. The molecule has 0 saturated heterocycles. The van der Waals surface area contributed by atoms with Crippen LogP contribution in [0.5, 0.6) is 5.75 Å². The first-order chi connectivity index (χ1) is 9.74. The van der Waals surface area contributed by atoms with Gasteiger partial charge in [-0.15, -0.1) is 0 Å². The van der Waals surface area contributed by atoms with Gasteiger partial charge in [0.25, 0.3) is 0 Å². The minimum atomic E-state index is -0.481. The van der Waals surface area contributed by atoms with Crippen molar-refractivity contribution in [2.75, 3.05) is 0 Å². The van der Waals surface area contributed by atoms with Crippen LogP contribution >= 0.6 is 11.6 Å². The highest BCUT2D eigenvalue weighted by atomic mass is 35.5. The summed E-state index contributed by atoms with van der Waals surface area (Å²) >= 11 is 5.85. The van der Waals surface area contributed by atoms with Crippen molar-refractivity contribution in [2.24, 2.45) is 0 Å². The summed E-state index contributed by atoms with van der Waals surface area (Å²) in [5.74, 6) is 0.0799. The molecule has 3 N–H and O–H groups in total. The smallest absolute Gasteiger partial charge is 0.407 e. The maximum atomic E-state index is 11.6. The van der Waals surface area contributed by atoms with E-state index in [1.165, 1.54) is 0 Å². The third kappa shape index (κ3) is 5.10. The van der Waals surface area contributed by atoms with Crippen LogP contribution in [0.25, 0.3) is 0 Å². The molecule has 0 bridgehead atoms. The topological polar surface area (TPSA) is 70.6 Å². The number of carbonyl (C=O) groups excluding carboxylic acids is 1. The number of phenols is 1. The Bertz CT molecular complexity index is 528. The average Bonchev–Trinajstić information content (AvgIpc) is 3.06. The van der Waals surface area contributed by atoms with Gasteiger partial charge >= 0.3 is 6.09 Å². The van der Waals surface area contributed by atoms with Gasteiger partial charge in [0, 0.05) is 18.6 Å². The summed E-state index contributed by atoms with van der Waals surface area (Å²) in [4.78, 5) is 11.6. The van der Waals surface area contributed by atoms with Crippen molar-refractivity contribution in [1.29, 1.82) is 0 Å². The van der Waals surface area contributed by atoms with Crippen LogP contribution in [0.15, 0.2) is 18.2 Å². The second-order valence-electron chi connectivity index (χ2n) is 6.26. The number of halogens is 1. The second-order valence-corrected chi connectivity index (χ2v) is 6.67. The molecule has 1 aromatic rings. The fourth-order valence-electron chi connectivity index (χ4n) is 1.95. The Morgan fingerprint density at radius 2 is 2.14 bits per heavy atom. The zero-order chi connectivity index (χ0) is 15.6. The third-order valence-electron chi connectivity index (χ3n) is 3.07. The van der Waals surface area contributed by atoms with E-state index >= 15 is 0 Å². The number of carbonyl (C=O) groups is 1. The van der Waals surface area contributed by atoms with Gasteiger partial charge in [-0.05, 0) is 44.9 Å². The zero-order valence-electron chi connectivity index (χ0n) is 12.4. The van der Waals surface area contributed by atoms with Crippen molar-refractivity contribution in [2.45, 2.75) is 51.4 Å². The Hall–Kier alpha value is -1.46. The highest BCUT2D eigenvalue weighted by molar-refractivity contribution is 6.32. The van der Waals surface area contributed by atoms with E-state index in [2.05, 4.69) is 10.6 Å². The molecule has 0 radical (unpaired) electrons. The maximum Gasteiger partial charge on any atom is 0.407 e. The van der Waals surface area contributed by atoms with Gasteiger partial charge in [0.05, 0.1) is 5.02 Å². The number of alkyl carbamates (subject to hydrolysis) is 1. The van der Waals surface area contributed by atoms with Crippen molar-refractivity contribution >= 4 is 17.7 Å². The second kappa shape index (κ2) is 6.12. The molecule has 1 aromatic carbocycles. The minimum absolute atomic E-state index is 0.0799. The summed E-state index contributed by atoms with van der Waals surface area (Å²) in [6.07, 6.45) is 0.495. The molecule has 1 fully saturated rings. The van der Waals surface area contributed by atoms with Crippen LogP contribution in [0.3, 0.4) is 0 Å². The first-order valence-corrected chi connectivity index (χ1v) is 7.33. The molecule has 2 unspecified atom stereocenters. The molecule has 1 amide bonds. The molecule has 21 heavy (non-hydrogen) atoms. The van der Waals surface area contributed by atoms with Gasteiger partial charge in [-0.1, -0.05) is 17.7 Å². The number of benzene rings is 1. The Balaban J connectivity index is 1.72. The number of hydrogen-bond acceptors (Lipinski definition) is 4. The Labute approximate surface area is 129 Å². The Kier molecular flexibility index (Phi) is 4.64. The van der Waals surface area contributed by atoms with Crippen LogP contribution in [-0.4, -0.2) is 28.9 Å². The number of nitrogens with one attached hydrogen (secondary N) is 2. The van der Waals surface area contributed by atoms with Crippen molar-refractivity contribution in [3.63, 3.8) is 0 Å². The highest BCUT2D eigenvalue weighted by Gasteiger charge is 2.38. The SMILES string of the molecule is CC(C)(C)OC(=O)NC1CC1NCc1ccc(O)c(Cl)c1. The predicted octanol–water partition coefficient (Wildman–Crippen LogP) is 2.80. The lowest BCUT2D eigenvalue weighted by molar-refractivity contribution is 0.0522. The molecule has 0 aromatic heterocycles. The summed E-state index contributed by atoms with van der Waals surface area (Å²) < 4.78 is 5.21. The standard InChI is InChI=1S/C15H21ClN2O3/c1-15(2,3)21-14(20)18-12-7-11(12)17-8-9-4-5-13(19)10(16)6-9/h4-6,11-12,17,19H,7-8H2,1-3H3,(H,18,20). The van der Waals surface area contributed by atoms with Gasteiger partial charge in [-0.3, -0.25) is 0 Å². The first-order valence-electron chi connectivity index (χ1n) is 6.95. The molecular formula is C15H21ClN2O3. The Morgan fingerprint density at radius 3 is 2.76 bits per heavy atom. The predicted molar refractivity (Wildman–Crippen MR) is 81.5 cm³/mol. The van der Waals surface area contributed by atoms with E-state index in [0.717, 1.165) is 12.0 Å². The molecule has 6 heteroatoms. The van der Waals surface area contributed by atoms with Crippen molar-refractivity contribution in [3.8, 4) is 5.75 Å².